The van der Waals surface area contributed by atoms with Crippen molar-refractivity contribution in [3.63, 3.8) is 0 Å². The number of benzene rings is 2. The molecular formula is C13H9N5O9. The van der Waals surface area contributed by atoms with E-state index in [4.69, 9.17) is 4.74 Å². The first-order valence-electron chi connectivity index (χ1n) is 6.86. The lowest BCUT2D eigenvalue weighted by Crippen LogP contribution is -2.04. The Bertz CT molecular complexity index is 940. The number of nitrogens with one attached hydrogen (secondary N) is 1. The lowest BCUT2D eigenvalue weighted by molar-refractivity contribution is -0.401. The Hall–Kier alpha value is -4.36. The van der Waals surface area contributed by atoms with Crippen LogP contribution in [0.3, 0.4) is 0 Å². The van der Waals surface area contributed by atoms with Gasteiger partial charge in [-0.15, -0.1) is 0 Å². The molecule has 0 aromatic heterocycles. The van der Waals surface area contributed by atoms with Crippen LogP contribution in [-0.4, -0.2) is 26.8 Å². The van der Waals surface area contributed by atoms with Crippen LogP contribution in [0.15, 0.2) is 30.3 Å². The Balaban J connectivity index is 2.73. The SMILES string of the molecule is COc1ccc([N+](=O)[O-])cc1Nc1c([N+](=O)[O-])cc([N+](=O)[O-])cc1[N+](=O)[O-]. The number of hydrogen-bond donors (Lipinski definition) is 1. The van der Waals surface area contributed by atoms with Gasteiger partial charge in [0.15, 0.2) is 5.69 Å². The Morgan fingerprint density at radius 3 is 1.70 bits per heavy atom. The number of non-ortho nitro benzene ring substituents is 2. The van der Waals surface area contributed by atoms with E-state index in [2.05, 4.69) is 5.32 Å². The predicted molar refractivity (Wildman–Crippen MR) is 89.3 cm³/mol. The van der Waals surface area contributed by atoms with Gasteiger partial charge in [-0.05, 0) is 6.07 Å². The number of rotatable bonds is 7. The van der Waals surface area contributed by atoms with Crippen LogP contribution in [0.2, 0.25) is 0 Å². The van der Waals surface area contributed by atoms with Gasteiger partial charge >= 0.3 is 11.4 Å². The summed E-state index contributed by atoms with van der Waals surface area (Å²) in [5, 5.41) is 46.7. The summed E-state index contributed by atoms with van der Waals surface area (Å²) in [6, 6.07) is 4.32. The smallest absolute Gasteiger partial charge is 0.306 e. The van der Waals surface area contributed by atoms with E-state index in [9.17, 15) is 40.5 Å². The first-order valence-corrected chi connectivity index (χ1v) is 6.86. The molecule has 0 spiro atoms. The van der Waals surface area contributed by atoms with Crippen LogP contribution in [0.25, 0.3) is 0 Å². The van der Waals surface area contributed by atoms with Gasteiger partial charge in [0, 0.05) is 12.1 Å². The molecule has 0 aliphatic rings. The average Bonchev–Trinajstić information content (AvgIpc) is 2.60. The molecule has 0 radical (unpaired) electrons. The van der Waals surface area contributed by atoms with Crippen LogP contribution in [0, 0.1) is 40.5 Å². The number of nitro benzene ring substituents is 4. The third-order valence-electron chi connectivity index (χ3n) is 3.34. The Morgan fingerprint density at radius 1 is 0.778 bits per heavy atom. The first-order chi connectivity index (χ1) is 12.6. The fourth-order valence-corrected chi connectivity index (χ4v) is 2.16. The molecule has 0 aliphatic heterocycles. The molecule has 2 rings (SSSR count). The molecular weight excluding hydrogens is 370 g/mol. The van der Waals surface area contributed by atoms with Gasteiger partial charge in [-0.25, -0.2) is 0 Å². The second-order valence-corrected chi connectivity index (χ2v) is 4.90. The molecule has 0 atom stereocenters. The molecule has 0 amide bonds. The van der Waals surface area contributed by atoms with Crippen molar-refractivity contribution in [2.24, 2.45) is 0 Å². The molecule has 1 N–H and O–H groups in total. The van der Waals surface area contributed by atoms with Crippen LogP contribution in [0.4, 0.5) is 34.1 Å². The molecule has 2 aromatic carbocycles. The first kappa shape index (κ1) is 19.0. The van der Waals surface area contributed by atoms with E-state index in [1.807, 2.05) is 0 Å². The number of nitrogens with zero attached hydrogens (tertiary/aromatic N) is 4. The number of hydrogen-bond acceptors (Lipinski definition) is 10. The minimum absolute atomic E-state index is 0.00236. The van der Waals surface area contributed by atoms with Crippen molar-refractivity contribution in [3.05, 3.63) is 70.8 Å². The summed E-state index contributed by atoms with van der Waals surface area (Å²) in [6.45, 7) is 0. The highest BCUT2D eigenvalue weighted by atomic mass is 16.6. The molecule has 0 fully saturated rings. The van der Waals surface area contributed by atoms with Crippen molar-refractivity contribution in [2.75, 3.05) is 12.4 Å². The molecule has 2 aromatic rings. The van der Waals surface area contributed by atoms with Crippen LogP contribution >= 0.6 is 0 Å². The second-order valence-electron chi connectivity index (χ2n) is 4.90. The molecule has 0 bridgehead atoms. The molecule has 0 aliphatic carbocycles. The molecule has 0 heterocycles. The molecule has 27 heavy (non-hydrogen) atoms. The lowest BCUT2D eigenvalue weighted by Gasteiger charge is -2.11. The topological polar surface area (TPSA) is 194 Å². The summed E-state index contributed by atoms with van der Waals surface area (Å²) in [4.78, 5) is 40.5. The number of nitro groups is 4. The zero-order valence-corrected chi connectivity index (χ0v) is 13.3. The normalized spacial score (nSPS) is 10.1. The van der Waals surface area contributed by atoms with Crippen LogP contribution in [0.5, 0.6) is 5.75 Å². The van der Waals surface area contributed by atoms with Gasteiger partial charge < -0.3 is 10.1 Å². The average molecular weight is 379 g/mol. The van der Waals surface area contributed by atoms with Crippen LogP contribution < -0.4 is 10.1 Å². The Morgan fingerprint density at radius 2 is 1.30 bits per heavy atom. The highest BCUT2D eigenvalue weighted by molar-refractivity contribution is 5.83. The van der Waals surface area contributed by atoms with Gasteiger partial charge in [0.1, 0.15) is 5.75 Å². The third kappa shape index (κ3) is 3.84. The highest BCUT2D eigenvalue weighted by Crippen LogP contribution is 2.42. The van der Waals surface area contributed by atoms with Gasteiger partial charge in [0.25, 0.3) is 11.4 Å². The summed E-state index contributed by atoms with van der Waals surface area (Å²) in [5.41, 5.74) is -4.04. The van der Waals surface area contributed by atoms with Crippen LogP contribution in [-0.2, 0) is 0 Å². The van der Waals surface area contributed by atoms with Crippen molar-refractivity contribution in [1.29, 1.82) is 0 Å². The zero-order chi connectivity index (χ0) is 20.3. The third-order valence-corrected chi connectivity index (χ3v) is 3.34. The van der Waals surface area contributed by atoms with Gasteiger partial charge in [-0.3, -0.25) is 40.5 Å². The van der Waals surface area contributed by atoms with Crippen LogP contribution in [0.1, 0.15) is 0 Å². The van der Waals surface area contributed by atoms with E-state index in [1.54, 1.807) is 0 Å². The van der Waals surface area contributed by atoms with Crippen molar-refractivity contribution < 1.29 is 24.4 Å². The molecule has 14 heteroatoms. The van der Waals surface area contributed by atoms with Gasteiger partial charge in [0.05, 0.1) is 44.6 Å². The van der Waals surface area contributed by atoms with Gasteiger partial charge in [-0.2, -0.15) is 0 Å². The molecule has 0 unspecified atom stereocenters. The van der Waals surface area contributed by atoms with Crippen molar-refractivity contribution in [1.82, 2.24) is 0 Å². The maximum atomic E-state index is 11.3. The molecule has 14 nitrogen and oxygen atoms in total. The number of ether oxygens (including phenoxy) is 1. The van der Waals surface area contributed by atoms with Crippen molar-refractivity contribution >= 4 is 34.1 Å². The molecule has 0 saturated heterocycles. The summed E-state index contributed by atoms with van der Waals surface area (Å²) in [7, 11) is 1.21. The van der Waals surface area contributed by atoms with E-state index >= 15 is 0 Å². The van der Waals surface area contributed by atoms with E-state index < -0.39 is 48.1 Å². The standard InChI is InChI=1S/C13H9N5O9/c1-27-12-3-2-7(15(19)20)4-9(12)14-13-10(17(23)24)5-8(16(21)22)6-11(13)18(25)26/h2-6,14H,1H3. The van der Waals surface area contributed by atoms with Gasteiger partial charge in [-0.1, -0.05) is 0 Å². The van der Waals surface area contributed by atoms with Gasteiger partial charge in [0.2, 0.25) is 0 Å². The summed E-state index contributed by atoms with van der Waals surface area (Å²) >= 11 is 0. The summed E-state index contributed by atoms with van der Waals surface area (Å²) in [6.07, 6.45) is 0. The zero-order valence-electron chi connectivity index (χ0n) is 13.3. The molecule has 140 valence electrons. The minimum Gasteiger partial charge on any atom is -0.495 e. The quantitative estimate of drug-likeness (QED) is 0.551. The summed E-state index contributed by atoms with van der Waals surface area (Å²) in [5.74, 6) is 0.00236. The number of anilines is 2. The fraction of sp³-hybridized carbons (Fsp3) is 0.0769. The maximum Gasteiger partial charge on any atom is 0.306 e. The van der Waals surface area contributed by atoms with E-state index in [1.165, 1.54) is 13.2 Å². The monoisotopic (exact) mass is 379 g/mol. The van der Waals surface area contributed by atoms with E-state index in [-0.39, 0.29) is 11.4 Å². The predicted octanol–water partition coefficient (Wildman–Crippen LogP) is 3.07. The van der Waals surface area contributed by atoms with E-state index in [0.717, 1.165) is 12.1 Å². The second kappa shape index (κ2) is 7.26. The fourth-order valence-electron chi connectivity index (χ4n) is 2.16. The minimum atomic E-state index is -1.05. The molecule has 0 saturated carbocycles. The number of methoxy groups -OCH3 is 1. The van der Waals surface area contributed by atoms with E-state index in [0.29, 0.717) is 12.1 Å². The highest BCUT2D eigenvalue weighted by Gasteiger charge is 2.31. The lowest BCUT2D eigenvalue weighted by atomic mass is 10.1. The Kier molecular flexibility index (Phi) is 5.10. The van der Waals surface area contributed by atoms with Crippen molar-refractivity contribution in [3.8, 4) is 5.75 Å². The maximum absolute atomic E-state index is 11.3. The largest absolute Gasteiger partial charge is 0.495 e. The Labute approximate surface area is 148 Å². The van der Waals surface area contributed by atoms with Crippen molar-refractivity contribution in [2.45, 2.75) is 0 Å². The summed E-state index contributed by atoms with van der Waals surface area (Å²) < 4.78 is 4.98.